The molecule has 0 N–H and O–H groups in total. The summed E-state index contributed by atoms with van der Waals surface area (Å²) < 4.78 is 46.6. The lowest BCUT2D eigenvalue weighted by atomic mass is 9.95. The van der Waals surface area contributed by atoms with Crippen molar-refractivity contribution in [1.82, 2.24) is 0 Å². The number of hydrogen-bond acceptors (Lipinski definition) is 4. The third-order valence-electron chi connectivity index (χ3n) is 3.41. The van der Waals surface area contributed by atoms with E-state index in [1.807, 2.05) is 0 Å². The molecule has 0 aliphatic rings. The zero-order chi connectivity index (χ0) is 19.5. The van der Waals surface area contributed by atoms with Crippen LogP contribution in [0, 0.1) is 0 Å². The van der Waals surface area contributed by atoms with E-state index in [9.17, 15) is 22.8 Å². The van der Waals surface area contributed by atoms with Gasteiger partial charge in [-0.15, -0.1) is 13.2 Å². The number of halogens is 4. The summed E-state index contributed by atoms with van der Waals surface area (Å²) in [6.45, 7) is 1.27. The summed E-state index contributed by atoms with van der Waals surface area (Å²) in [6.07, 6.45) is -5.17. The predicted octanol–water partition coefficient (Wildman–Crippen LogP) is 4.61. The minimum absolute atomic E-state index is 0.0499. The predicted molar refractivity (Wildman–Crippen MR) is 88.9 cm³/mol. The number of benzene rings is 2. The first-order chi connectivity index (χ1) is 12.1. The average Bonchev–Trinajstić information content (AvgIpc) is 2.53. The number of Topliss-reactive ketones (excluding diaryl/α,β-unsaturated/α-hetero) is 1. The van der Waals surface area contributed by atoms with Crippen LogP contribution >= 0.6 is 11.6 Å². The molecule has 0 aromatic heterocycles. The third-order valence-corrected chi connectivity index (χ3v) is 3.66. The van der Waals surface area contributed by atoms with Gasteiger partial charge in [-0.3, -0.25) is 9.59 Å². The van der Waals surface area contributed by atoms with Gasteiger partial charge < -0.3 is 9.47 Å². The summed E-state index contributed by atoms with van der Waals surface area (Å²) in [5, 5.41) is 0.428. The number of hydrogen-bond donors (Lipinski definition) is 0. The minimum atomic E-state index is -4.94. The van der Waals surface area contributed by atoms with Crippen molar-refractivity contribution in [3.8, 4) is 11.5 Å². The molecule has 0 bridgehead atoms. The molecule has 0 amide bonds. The Balaban J connectivity index is 2.57. The topological polar surface area (TPSA) is 52.6 Å². The second-order valence-corrected chi connectivity index (χ2v) is 5.86. The molecule has 0 aliphatic heterocycles. The maximum atomic E-state index is 12.8. The van der Waals surface area contributed by atoms with Crippen LogP contribution in [0.25, 0.3) is 0 Å². The molecule has 0 unspecified atom stereocenters. The third kappa shape index (κ3) is 4.98. The second-order valence-electron chi connectivity index (χ2n) is 5.42. The van der Waals surface area contributed by atoms with Crippen molar-refractivity contribution in [2.75, 3.05) is 7.11 Å². The van der Waals surface area contributed by atoms with Crippen LogP contribution in [-0.4, -0.2) is 25.0 Å². The molecule has 2 rings (SSSR count). The van der Waals surface area contributed by atoms with Crippen LogP contribution in [0.4, 0.5) is 13.2 Å². The number of rotatable bonds is 6. The Hall–Kier alpha value is -2.54. The van der Waals surface area contributed by atoms with E-state index < -0.39 is 17.9 Å². The van der Waals surface area contributed by atoms with Crippen LogP contribution in [0.15, 0.2) is 36.4 Å². The van der Waals surface area contributed by atoms with E-state index in [0.717, 1.165) is 19.2 Å². The van der Waals surface area contributed by atoms with Crippen LogP contribution in [0.2, 0.25) is 5.02 Å². The SMILES string of the molecule is COc1cc(C(=O)c2ccc(Cl)cc2)c(CC(C)=O)cc1OC(F)(F)F. The monoisotopic (exact) mass is 386 g/mol. The van der Waals surface area contributed by atoms with Crippen molar-refractivity contribution < 1.29 is 32.2 Å². The number of methoxy groups -OCH3 is 1. The van der Waals surface area contributed by atoms with Crippen molar-refractivity contribution in [3.63, 3.8) is 0 Å². The van der Waals surface area contributed by atoms with Gasteiger partial charge in [-0.2, -0.15) is 0 Å². The summed E-state index contributed by atoms with van der Waals surface area (Å²) in [7, 11) is 1.15. The molecule has 0 fully saturated rings. The maximum absolute atomic E-state index is 12.8. The standard InChI is InChI=1S/C18H14ClF3O4/c1-10(23)7-12-8-16(26-18(20,21)22)15(25-2)9-14(12)17(24)11-3-5-13(19)6-4-11/h3-6,8-9H,7H2,1-2H3. The van der Waals surface area contributed by atoms with Gasteiger partial charge >= 0.3 is 6.36 Å². The molecule has 8 heteroatoms. The molecule has 4 nitrogen and oxygen atoms in total. The highest BCUT2D eigenvalue weighted by Gasteiger charge is 2.33. The van der Waals surface area contributed by atoms with E-state index in [-0.39, 0.29) is 34.6 Å². The van der Waals surface area contributed by atoms with Crippen LogP contribution in [0.1, 0.15) is 28.4 Å². The molecular formula is C18H14ClF3O4. The number of alkyl halides is 3. The van der Waals surface area contributed by atoms with Gasteiger partial charge in [0.25, 0.3) is 0 Å². The molecule has 0 radical (unpaired) electrons. The minimum Gasteiger partial charge on any atom is -0.493 e. The second kappa shape index (κ2) is 7.78. The Kier molecular flexibility index (Phi) is 5.92. The van der Waals surface area contributed by atoms with Gasteiger partial charge in [0.2, 0.25) is 0 Å². The largest absolute Gasteiger partial charge is 0.573 e. The number of carbonyl (C=O) groups is 2. The van der Waals surface area contributed by atoms with Crippen LogP contribution in [0.3, 0.4) is 0 Å². The first-order valence-corrected chi connectivity index (χ1v) is 7.75. The zero-order valence-corrected chi connectivity index (χ0v) is 14.6. The van der Waals surface area contributed by atoms with Gasteiger partial charge in [0, 0.05) is 22.6 Å². The Bertz CT molecular complexity index is 830. The molecule has 2 aromatic rings. The summed E-state index contributed by atoms with van der Waals surface area (Å²) in [5.41, 5.74) is 0.428. The molecule has 0 heterocycles. The first-order valence-electron chi connectivity index (χ1n) is 7.37. The number of carbonyl (C=O) groups excluding carboxylic acids is 2. The van der Waals surface area contributed by atoms with Crippen LogP contribution in [-0.2, 0) is 11.2 Å². The fraction of sp³-hybridized carbons (Fsp3) is 0.222. The smallest absolute Gasteiger partial charge is 0.493 e. The van der Waals surface area contributed by atoms with Gasteiger partial charge in [-0.1, -0.05) is 11.6 Å². The molecular weight excluding hydrogens is 373 g/mol. The van der Waals surface area contributed by atoms with E-state index in [4.69, 9.17) is 16.3 Å². The summed E-state index contributed by atoms with van der Waals surface area (Å²) in [6, 6.07) is 8.12. The lowest BCUT2D eigenvalue weighted by Gasteiger charge is -2.16. The van der Waals surface area contributed by atoms with Crippen LogP contribution in [0.5, 0.6) is 11.5 Å². The number of ketones is 2. The summed E-state index contributed by atoms with van der Waals surface area (Å²) in [4.78, 5) is 24.2. The normalized spacial score (nSPS) is 11.2. The van der Waals surface area contributed by atoms with E-state index in [2.05, 4.69) is 4.74 Å². The first kappa shape index (κ1) is 19.8. The fourth-order valence-electron chi connectivity index (χ4n) is 2.35. The molecule has 0 atom stereocenters. The van der Waals surface area contributed by atoms with Gasteiger partial charge in [-0.05, 0) is 48.9 Å². The van der Waals surface area contributed by atoms with Gasteiger partial charge in [-0.25, -0.2) is 0 Å². The Morgan fingerprint density at radius 1 is 1.08 bits per heavy atom. The van der Waals surface area contributed by atoms with E-state index in [1.165, 1.54) is 31.2 Å². The van der Waals surface area contributed by atoms with E-state index >= 15 is 0 Å². The Labute approximate surface area is 152 Å². The van der Waals surface area contributed by atoms with Gasteiger partial charge in [0.15, 0.2) is 17.3 Å². The van der Waals surface area contributed by atoms with Crippen molar-refractivity contribution >= 4 is 23.2 Å². The molecule has 26 heavy (non-hydrogen) atoms. The molecule has 0 saturated heterocycles. The highest BCUT2D eigenvalue weighted by atomic mass is 35.5. The summed E-state index contributed by atoms with van der Waals surface area (Å²) in [5.74, 6) is -1.69. The fourth-order valence-corrected chi connectivity index (χ4v) is 2.47. The molecule has 138 valence electrons. The number of ether oxygens (including phenoxy) is 2. The van der Waals surface area contributed by atoms with Gasteiger partial charge in [0.1, 0.15) is 5.78 Å². The van der Waals surface area contributed by atoms with E-state index in [0.29, 0.717) is 5.02 Å². The zero-order valence-electron chi connectivity index (χ0n) is 13.8. The molecule has 2 aromatic carbocycles. The van der Waals surface area contributed by atoms with Gasteiger partial charge in [0.05, 0.1) is 7.11 Å². The molecule has 0 saturated carbocycles. The lowest BCUT2D eigenvalue weighted by molar-refractivity contribution is -0.275. The van der Waals surface area contributed by atoms with Crippen molar-refractivity contribution in [2.24, 2.45) is 0 Å². The highest BCUT2D eigenvalue weighted by Crippen LogP contribution is 2.36. The highest BCUT2D eigenvalue weighted by molar-refractivity contribution is 6.30. The molecule has 0 spiro atoms. The Morgan fingerprint density at radius 2 is 1.69 bits per heavy atom. The molecule has 0 aliphatic carbocycles. The average molecular weight is 387 g/mol. The Morgan fingerprint density at radius 3 is 2.19 bits per heavy atom. The van der Waals surface area contributed by atoms with Crippen molar-refractivity contribution in [1.29, 1.82) is 0 Å². The summed E-state index contributed by atoms with van der Waals surface area (Å²) >= 11 is 5.79. The quantitative estimate of drug-likeness (QED) is 0.680. The van der Waals surface area contributed by atoms with Crippen molar-refractivity contribution in [2.45, 2.75) is 19.7 Å². The van der Waals surface area contributed by atoms with Crippen molar-refractivity contribution in [3.05, 3.63) is 58.1 Å². The lowest BCUT2D eigenvalue weighted by Crippen LogP contribution is -2.18. The maximum Gasteiger partial charge on any atom is 0.573 e. The van der Waals surface area contributed by atoms with E-state index in [1.54, 1.807) is 0 Å². The van der Waals surface area contributed by atoms with Crippen LogP contribution < -0.4 is 9.47 Å².